The standard InChI is InChI=1S/C23H30N4O2/c1-24-22(26-17-23(12-13-23)19-9-5-4-6-10-19)25-15-18-8-7-11-20(14-18)29-16-21(28)27(2)3/h4-11,14H,12-13,15-17H2,1-3H3,(H2,24,25,26). The van der Waals surface area contributed by atoms with Crippen molar-refractivity contribution < 1.29 is 9.53 Å². The van der Waals surface area contributed by atoms with Crippen molar-refractivity contribution in [3.8, 4) is 5.75 Å². The van der Waals surface area contributed by atoms with Gasteiger partial charge in [0.25, 0.3) is 5.91 Å². The zero-order valence-corrected chi connectivity index (χ0v) is 17.4. The van der Waals surface area contributed by atoms with Gasteiger partial charge in [-0.15, -0.1) is 0 Å². The Morgan fingerprint density at radius 3 is 2.52 bits per heavy atom. The molecule has 0 aromatic heterocycles. The Morgan fingerprint density at radius 2 is 1.86 bits per heavy atom. The molecule has 0 aliphatic heterocycles. The molecular formula is C23H30N4O2. The fourth-order valence-corrected chi connectivity index (χ4v) is 3.19. The minimum atomic E-state index is -0.0643. The Balaban J connectivity index is 1.50. The average Bonchev–Trinajstić information content (AvgIpc) is 3.54. The largest absolute Gasteiger partial charge is 0.484 e. The molecular weight excluding hydrogens is 364 g/mol. The molecule has 0 bridgehead atoms. The van der Waals surface area contributed by atoms with Gasteiger partial charge < -0.3 is 20.3 Å². The van der Waals surface area contributed by atoms with Gasteiger partial charge in [0.2, 0.25) is 0 Å². The number of benzene rings is 2. The highest BCUT2D eigenvalue weighted by Gasteiger charge is 2.43. The van der Waals surface area contributed by atoms with Crippen LogP contribution in [0.2, 0.25) is 0 Å². The van der Waals surface area contributed by atoms with Gasteiger partial charge >= 0.3 is 0 Å². The van der Waals surface area contributed by atoms with E-state index in [1.54, 1.807) is 21.1 Å². The molecule has 0 unspecified atom stereocenters. The maximum atomic E-state index is 11.7. The van der Waals surface area contributed by atoms with Crippen LogP contribution in [-0.2, 0) is 16.8 Å². The summed E-state index contributed by atoms with van der Waals surface area (Å²) < 4.78 is 5.59. The number of nitrogens with zero attached hydrogens (tertiary/aromatic N) is 2. The third kappa shape index (κ3) is 5.73. The van der Waals surface area contributed by atoms with Crippen LogP contribution in [0.25, 0.3) is 0 Å². The van der Waals surface area contributed by atoms with E-state index in [1.165, 1.54) is 23.3 Å². The molecule has 0 heterocycles. The maximum absolute atomic E-state index is 11.7. The fraction of sp³-hybridized carbons (Fsp3) is 0.391. The van der Waals surface area contributed by atoms with Crippen molar-refractivity contribution in [2.75, 3.05) is 34.3 Å². The van der Waals surface area contributed by atoms with E-state index in [9.17, 15) is 4.79 Å². The number of nitrogens with one attached hydrogen (secondary N) is 2. The first-order valence-electron chi connectivity index (χ1n) is 9.94. The second-order valence-corrected chi connectivity index (χ2v) is 7.65. The summed E-state index contributed by atoms with van der Waals surface area (Å²) in [5.41, 5.74) is 2.68. The Kier molecular flexibility index (Phi) is 6.75. The van der Waals surface area contributed by atoms with Gasteiger partial charge in [-0.05, 0) is 36.1 Å². The molecule has 1 amide bonds. The van der Waals surface area contributed by atoms with Crippen LogP contribution in [0.1, 0.15) is 24.0 Å². The number of carbonyl (C=O) groups is 1. The molecule has 29 heavy (non-hydrogen) atoms. The van der Waals surface area contributed by atoms with Crippen LogP contribution in [0.3, 0.4) is 0 Å². The van der Waals surface area contributed by atoms with Gasteiger partial charge in [-0.1, -0.05) is 42.5 Å². The highest BCUT2D eigenvalue weighted by Crippen LogP contribution is 2.47. The minimum absolute atomic E-state index is 0.0364. The van der Waals surface area contributed by atoms with Crippen LogP contribution in [0.15, 0.2) is 59.6 Å². The van der Waals surface area contributed by atoms with E-state index in [0.29, 0.717) is 12.3 Å². The van der Waals surface area contributed by atoms with E-state index >= 15 is 0 Å². The van der Waals surface area contributed by atoms with Crippen molar-refractivity contribution >= 4 is 11.9 Å². The Labute approximate surface area is 173 Å². The molecule has 6 heteroatoms. The minimum Gasteiger partial charge on any atom is -0.484 e. The molecule has 2 N–H and O–H groups in total. The van der Waals surface area contributed by atoms with Crippen molar-refractivity contribution in [3.63, 3.8) is 0 Å². The van der Waals surface area contributed by atoms with Crippen LogP contribution in [-0.4, -0.2) is 51.1 Å². The smallest absolute Gasteiger partial charge is 0.259 e. The SMILES string of the molecule is CN=C(NCc1cccc(OCC(=O)N(C)C)c1)NCC1(c2ccccc2)CC1. The summed E-state index contributed by atoms with van der Waals surface area (Å²) in [6, 6.07) is 18.4. The van der Waals surface area contributed by atoms with Gasteiger partial charge in [0.05, 0.1) is 0 Å². The van der Waals surface area contributed by atoms with E-state index in [2.05, 4.69) is 46.0 Å². The lowest BCUT2D eigenvalue weighted by molar-refractivity contribution is -0.130. The van der Waals surface area contributed by atoms with Crippen molar-refractivity contribution in [3.05, 3.63) is 65.7 Å². The predicted molar refractivity (Wildman–Crippen MR) is 116 cm³/mol. The van der Waals surface area contributed by atoms with Crippen LogP contribution < -0.4 is 15.4 Å². The molecule has 1 saturated carbocycles. The molecule has 2 aromatic rings. The number of carbonyl (C=O) groups excluding carboxylic acids is 1. The van der Waals surface area contributed by atoms with Crippen molar-refractivity contribution in [1.82, 2.24) is 15.5 Å². The average molecular weight is 395 g/mol. The van der Waals surface area contributed by atoms with Gasteiger partial charge in [0, 0.05) is 39.6 Å². The van der Waals surface area contributed by atoms with Gasteiger partial charge in [-0.25, -0.2) is 0 Å². The molecule has 0 radical (unpaired) electrons. The third-order valence-electron chi connectivity index (χ3n) is 5.28. The van der Waals surface area contributed by atoms with Gasteiger partial charge in [-0.3, -0.25) is 9.79 Å². The summed E-state index contributed by atoms with van der Waals surface area (Å²) in [7, 11) is 5.21. The zero-order valence-electron chi connectivity index (χ0n) is 17.4. The monoisotopic (exact) mass is 394 g/mol. The number of amides is 1. The van der Waals surface area contributed by atoms with Crippen molar-refractivity contribution in [2.24, 2.45) is 4.99 Å². The van der Waals surface area contributed by atoms with Crippen LogP contribution >= 0.6 is 0 Å². The first kappa shape index (κ1) is 20.7. The summed E-state index contributed by atoms with van der Waals surface area (Å²) in [6.07, 6.45) is 2.40. The quantitative estimate of drug-likeness (QED) is 0.533. The molecule has 0 saturated heterocycles. The van der Waals surface area contributed by atoms with Crippen LogP contribution in [0.4, 0.5) is 0 Å². The second-order valence-electron chi connectivity index (χ2n) is 7.65. The molecule has 2 aromatic carbocycles. The van der Waals surface area contributed by atoms with E-state index in [-0.39, 0.29) is 17.9 Å². The molecule has 0 atom stereocenters. The summed E-state index contributed by atoms with van der Waals surface area (Å²) >= 11 is 0. The van der Waals surface area contributed by atoms with Crippen molar-refractivity contribution in [1.29, 1.82) is 0 Å². The van der Waals surface area contributed by atoms with E-state index in [4.69, 9.17) is 4.74 Å². The number of aliphatic imine (C=N–C) groups is 1. The lowest BCUT2D eigenvalue weighted by atomic mass is 9.96. The Morgan fingerprint density at radius 1 is 1.10 bits per heavy atom. The number of rotatable bonds is 8. The van der Waals surface area contributed by atoms with Crippen molar-refractivity contribution in [2.45, 2.75) is 24.8 Å². The molecule has 6 nitrogen and oxygen atoms in total. The number of hydrogen-bond acceptors (Lipinski definition) is 3. The summed E-state index contributed by atoms with van der Waals surface area (Å²) in [5.74, 6) is 1.40. The molecule has 0 spiro atoms. The van der Waals surface area contributed by atoms with E-state index in [0.717, 1.165) is 18.1 Å². The molecule has 1 fully saturated rings. The van der Waals surface area contributed by atoms with E-state index < -0.39 is 0 Å². The normalized spacial score (nSPS) is 14.8. The fourth-order valence-electron chi connectivity index (χ4n) is 3.19. The third-order valence-corrected chi connectivity index (χ3v) is 5.28. The predicted octanol–water partition coefficient (Wildman–Crippen LogP) is 2.55. The number of ether oxygens (including phenoxy) is 1. The summed E-state index contributed by atoms with van der Waals surface area (Å²) in [6.45, 7) is 1.53. The van der Waals surface area contributed by atoms with E-state index in [1.807, 2.05) is 24.3 Å². The number of likely N-dealkylation sites (N-methyl/N-ethyl adjacent to an activating group) is 1. The first-order chi connectivity index (χ1) is 14.0. The maximum Gasteiger partial charge on any atom is 0.259 e. The summed E-state index contributed by atoms with van der Waals surface area (Å²) in [5, 5.41) is 6.82. The van der Waals surface area contributed by atoms with Gasteiger partial charge in [0.15, 0.2) is 12.6 Å². The molecule has 1 aliphatic rings. The Bertz CT molecular complexity index is 845. The van der Waals surface area contributed by atoms with Crippen LogP contribution in [0, 0.1) is 0 Å². The van der Waals surface area contributed by atoms with Crippen LogP contribution in [0.5, 0.6) is 5.75 Å². The zero-order chi connectivity index (χ0) is 20.7. The molecule has 3 rings (SSSR count). The van der Waals surface area contributed by atoms with Gasteiger partial charge in [-0.2, -0.15) is 0 Å². The second kappa shape index (κ2) is 9.45. The number of guanidine groups is 1. The first-order valence-corrected chi connectivity index (χ1v) is 9.94. The topological polar surface area (TPSA) is 66.0 Å². The Hall–Kier alpha value is -3.02. The molecule has 154 valence electrons. The highest BCUT2D eigenvalue weighted by atomic mass is 16.5. The lowest BCUT2D eigenvalue weighted by Gasteiger charge is -2.19. The van der Waals surface area contributed by atoms with Gasteiger partial charge in [0.1, 0.15) is 5.75 Å². The highest BCUT2D eigenvalue weighted by molar-refractivity contribution is 5.80. The lowest BCUT2D eigenvalue weighted by Crippen LogP contribution is -2.40. The molecule has 1 aliphatic carbocycles. The summed E-state index contributed by atoms with van der Waals surface area (Å²) in [4.78, 5) is 17.5. The number of hydrogen-bond donors (Lipinski definition) is 2.